The van der Waals surface area contributed by atoms with E-state index in [0.29, 0.717) is 16.9 Å². The molecule has 0 saturated carbocycles. The number of imidazole rings is 1. The fourth-order valence-electron chi connectivity index (χ4n) is 4.19. The highest BCUT2D eigenvalue weighted by Crippen LogP contribution is 2.40. The number of fused-ring (bicyclic) bond motifs is 1. The first-order chi connectivity index (χ1) is 15.6. The van der Waals surface area contributed by atoms with Crippen LogP contribution in [0.3, 0.4) is 0 Å². The Balaban J connectivity index is 1.69. The molecule has 2 aromatic heterocycles. The first-order valence-corrected chi connectivity index (χ1v) is 10.4. The van der Waals surface area contributed by atoms with Gasteiger partial charge in [-0.1, -0.05) is 29.4 Å². The maximum Gasteiger partial charge on any atom is 0.151 e. The Bertz CT molecular complexity index is 1300. The van der Waals surface area contributed by atoms with Gasteiger partial charge in [0.2, 0.25) is 0 Å². The Hall–Kier alpha value is -3.78. The van der Waals surface area contributed by atoms with Crippen molar-refractivity contribution in [2.45, 2.75) is 12.5 Å². The third-order valence-electron chi connectivity index (χ3n) is 5.68. The van der Waals surface area contributed by atoms with Gasteiger partial charge in [-0.25, -0.2) is 9.37 Å². The van der Waals surface area contributed by atoms with Crippen molar-refractivity contribution in [3.05, 3.63) is 66.2 Å². The quantitative estimate of drug-likeness (QED) is 0.369. The van der Waals surface area contributed by atoms with Crippen LogP contribution in [0.2, 0.25) is 0 Å². The van der Waals surface area contributed by atoms with Crippen LogP contribution in [-0.2, 0) is 4.84 Å². The number of nitrogens with zero attached hydrogens (tertiary/aromatic N) is 4. The SMILES string of the molecule is CON=Cc1cccc(-c2cncc(-c3nc4c(F)cccc4[nH]3)c2N2CCC(N)C2)c1. The number of benzene rings is 2. The van der Waals surface area contributed by atoms with Gasteiger partial charge in [0, 0.05) is 37.1 Å². The lowest BCUT2D eigenvalue weighted by molar-refractivity contribution is 0.215. The summed E-state index contributed by atoms with van der Waals surface area (Å²) in [5.74, 6) is 0.219. The van der Waals surface area contributed by atoms with Crippen LogP contribution in [0.15, 0.2) is 60.0 Å². The molecule has 8 heteroatoms. The minimum atomic E-state index is -0.357. The fraction of sp³-hybridized carbons (Fsp3) is 0.208. The number of hydrogen-bond donors (Lipinski definition) is 2. The zero-order chi connectivity index (χ0) is 22.1. The van der Waals surface area contributed by atoms with E-state index in [4.69, 9.17) is 10.6 Å². The number of para-hydroxylation sites is 1. The van der Waals surface area contributed by atoms with Crippen LogP contribution in [0.1, 0.15) is 12.0 Å². The van der Waals surface area contributed by atoms with Crippen LogP contribution in [0.5, 0.6) is 0 Å². The van der Waals surface area contributed by atoms with Crippen molar-refractivity contribution in [2.75, 3.05) is 25.1 Å². The molecule has 1 fully saturated rings. The maximum absolute atomic E-state index is 14.3. The van der Waals surface area contributed by atoms with Crippen LogP contribution < -0.4 is 10.6 Å². The molecule has 0 radical (unpaired) electrons. The van der Waals surface area contributed by atoms with Crippen molar-refractivity contribution in [3.63, 3.8) is 0 Å². The maximum atomic E-state index is 14.3. The van der Waals surface area contributed by atoms with Crippen LogP contribution in [0, 0.1) is 5.82 Å². The fourth-order valence-corrected chi connectivity index (χ4v) is 4.19. The van der Waals surface area contributed by atoms with Gasteiger partial charge in [-0.2, -0.15) is 0 Å². The first kappa shape index (κ1) is 20.1. The summed E-state index contributed by atoms with van der Waals surface area (Å²) in [5.41, 5.74) is 11.8. The van der Waals surface area contributed by atoms with Gasteiger partial charge in [0.25, 0.3) is 0 Å². The number of rotatable bonds is 5. The van der Waals surface area contributed by atoms with Crippen molar-refractivity contribution in [1.82, 2.24) is 15.0 Å². The molecule has 3 N–H and O–H groups in total. The van der Waals surface area contributed by atoms with Gasteiger partial charge in [0.1, 0.15) is 18.5 Å². The molecule has 3 heterocycles. The summed E-state index contributed by atoms with van der Waals surface area (Å²) >= 11 is 0. The van der Waals surface area contributed by atoms with Crippen LogP contribution in [0.25, 0.3) is 33.5 Å². The normalized spacial score (nSPS) is 16.3. The summed E-state index contributed by atoms with van der Waals surface area (Å²) in [6, 6.07) is 13.0. The molecule has 0 aliphatic carbocycles. The summed E-state index contributed by atoms with van der Waals surface area (Å²) in [4.78, 5) is 19.4. The number of nitrogens with two attached hydrogens (primary N) is 1. The average molecular weight is 430 g/mol. The zero-order valence-electron chi connectivity index (χ0n) is 17.6. The molecular formula is C24H23FN6O. The van der Waals surface area contributed by atoms with Gasteiger partial charge >= 0.3 is 0 Å². The standard InChI is InChI=1S/C24H23FN6O/c1-32-28-11-15-4-2-5-16(10-15)18-12-27-13-19(23(18)31-9-8-17(26)14-31)24-29-21-7-3-6-20(25)22(21)30-24/h2-7,10-13,17H,8-9,14,26H2,1H3,(H,29,30). The highest BCUT2D eigenvalue weighted by atomic mass is 19.1. The van der Waals surface area contributed by atoms with Gasteiger partial charge in [0.15, 0.2) is 5.82 Å². The minimum Gasteiger partial charge on any atom is -0.399 e. The predicted octanol–water partition coefficient (Wildman–Crippen LogP) is 3.95. The third kappa shape index (κ3) is 3.69. The van der Waals surface area contributed by atoms with Crippen LogP contribution in [0.4, 0.5) is 10.1 Å². The Kier molecular flexibility index (Phi) is 5.28. The summed E-state index contributed by atoms with van der Waals surface area (Å²) < 4.78 is 14.3. The van der Waals surface area contributed by atoms with Crippen LogP contribution in [-0.4, -0.2) is 47.4 Å². The molecule has 5 rings (SSSR count). The molecular weight excluding hydrogens is 407 g/mol. The second kappa shape index (κ2) is 8.39. The number of aromatic nitrogens is 3. The molecule has 162 valence electrons. The summed E-state index contributed by atoms with van der Waals surface area (Å²) in [6.07, 6.45) is 6.18. The molecule has 1 aliphatic rings. The number of anilines is 1. The van der Waals surface area contributed by atoms with Gasteiger partial charge in [-0.15, -0.1) is 0 Å². The lowest BCUT2D eigenvalue weighted by Gasteiger charge is -2.24. The number of nitrogens with one attached hydrogen (secondary N) is 1. The minimum absolute atomic E-state index is 0.0946. The molecule has 4 aromatic rings. The van der Waals surface area contributed by atoms with Crippen molar-refractivity contribution >= 4 is 22.9 Å². The van der Waals surface area contributed by atoms with Gasteiger partial charge < -0.3 is 20.5 Å². The van der Waals surface area contributed by atoms with Gasteiger partial charge in [0.05, 0.1) is 23.0 Å². The summed E-state index contributed by atoms with van der Waals surface area (Å²) in [7, 11) is 1.51. The van der Waals surface area contributed by atoms with Crippen LogP contribution >= 0.6 is 0 Å². The van der Waals surface area contributed by atoms with E-state index in [1.807, 2.05) is 36.5 Å². The van der Waals surface area contributed by atoms with E-state index in [-0.39, 0.29) is 11.9 Å². The Morgan fingerprint density at radius 1 is 1.22 bits per heavy atom. The van der Waals surface area contributed by atoms with Crippen molar-refractivity contribution in [1.29, 1.82) is 0 Å². The van der Waals surface area contributed by atoms with E-state index in [1.54, 1.807) is 18.5 Å². The van der Waals surface area contributed by atoms with E-state index >= 15 is 0 Å². The Morgan fingerprint density at radius 3 is 2.84 bits per heavy atom. The number of hydrogen-bond acceptors (Lipinski definition) is 6. The zero-order valence-corrected chi connectivity index (χ0v) is 17.6. The molecule has 0 spiro atoms. The van der Waals surface area contributed by atoms with E-state index < -0.39 is 0 Å². The van der Waals surface area contributed by atoms with Gasteiger partial charge in [-0.3, -0.25) is 4.98 Å². The molecule has 2 aromatic carbocycles. The second-order valence-electron chi connectivity index (χ2n) is 7.84. The monoisotopic (exact) mass is 430 g/mol. The number of oxime groups is 1. The second-order valence-corrected chi connectivity index (χ2v) is 7.84. The Morgan fingerprint density at radius 2 is 2.06 bits per heavy atom. The predicted molar refractivity (Wildman–Crippen MR) is 124 cm³/mol. The van der Waals surface area contributed by atoms with Crippen molar-refractivity contribution in [3.8, 4) is 22.5 Å². The number of halogens is 1. The number of H-pyrrole nitrogens is 1. The molecule has 1 saturated heterocycles. The third-order valence-corrected chi connectivity index (χ3v) is 5.68. The molecule has 0 bridgehead atoms. The highest BCUT2D eigenvalue weighted by Gasteiger charge is 2.26. The lowest BCUT2D eigenvalue weighted by atomic mass is 10.00. The molecule has 0 amide bonds. The van der Waals surface area contributed by atoms with E-state index in [0.717, 1.165) is 47.5 Å². The molecule has 1 unspecified atom stereocenters. The first-order valence-electron chi connectivity index (χ1n) is 10.4. The van der Waals surface area contributed by atoms with Crippen molar-refractivity contribution in [2.24, 2.45) is 10.9 Å². The molecule has 1 atom stereocenters. The van der Waals surface area contributed by atoms with E-state index in [9.17, 15) is 4.39 Å². The van der Waals surface area contributed by atoms with E-state index in [2.05, 4.69) is 25.0 Å². The van der Waals surface area contributed by atoms with E-state index in [1.165, 1.54) is 13.2 Å². The Labute approximate surface area is 184 Å². The summed E-state index contributed by atoms with van der Waals surface area (Å²) in [5, 5.41) is 3.87. The largest absolute Gasteiger partial charge is 0.399 e. The summed E-state index contributed by atoms with van der Waals surface area (Å²) in [6.45, 7) is 1.55. The van der Waals surface area contributed by atoms with Crippen molar-refractivity contribution < 1.29 is 9.23 Å². The van der Waals surface area contributed by atoms with Gasteiger partial charge in [-0.05, 0) is 35.7 Å². The topological polar surface area (TPSA) is 92.4 Å². The number of pyridine rings is 1. The molecule has 1 aliphatic heterocycles. The smallest absolute Gasteiger partial charge is 0.151 e. The average Bonchev–Trinajstić information content (AvgIpc) is 3.44. The molecule has 32 heavy (non-hydrogen) atoms. The lowest BCUT2D eigenvalue weighted by Crippen LogP contribution is -2.27. The number of aromatic amines is 1. The highest BCUT2D eigenvalue weighted by molar-refractivity contribution is 5.92. The molecule has 7 nitrogen and oxygen atoms in total.